The monoisotopic (exact) mass is 348 g/mol. The number of amides is 1. The Morgan fingerprint density at radius 1 is 1.25 bits per heavy atom. The summed E-state index contributed by atoms with van der Waals surface area (Å²) in [4.78, 5) is 13.9. The molecule has 0 saturated heterocycles. The average molecular weight is 349 g/mol. The van der Waals surface area contributed by atoms with Crippen LogP contribution in [-0.4, -0.2) is 36.6 Å². The van der Waals surface area contributed by atoms with Crippen LogP contribution >= 0.6 is 11.6 Å². The lowest BCUT2D eigenvalue weighted by atomic mass is 10.2. The molecule has 0 bridgehead atoms. The summed E-state index contributed by atoms with van der Waals surface area (Å²) in [5.41, 5.74) is 2.36. The second-order valence-electron chi connectivity index (χ2n) is 5.43. The molecule has 2 aromatic rings. The lowest BCUT2D eigenvalue weighted by Crippen LogP contribution is -2.31. The molecule has 0 heterocycles. The van der Waals surface area contributed by atoms with Gasteiger partial charge in [0.05, 0.1) is 31.0 Å². The third-order valence-corrected chi connectivity index (χ3v) is 3.95. The maximum atomic E-state index is 12.3. The first-order valence-corrected chi connectivity index (χ1v) is 7.91. The molecule has 0 aliphatic heterocycles. The fourth-order valence-electron chi connectivity index (χ4n) is 2.24. The average Bonchev–Trinajstić information content (AvgIpc) is 2.60. The van der Waals surface area contributed by atoms with Crippen LogP contribution in [0.4, 0.5) is 5.69 Å². The number of ether oxygens (including phenoxy) is 1. The van der Waals surface area contributed by atoms with E-state index >= 15 is 0 Å². The van der Waals surface area contributed by atoms with Gasteiger partial charge in [0.2, 0.25) is 5.91 Å². The number of nitrogens with zero attached hydrogens (tertiary/aromatic N) is 1. The van der Waals surface area contributed by atoms with Crippen LogP contribution in [-0.2, 0) is 17.9 Å². The van der Waals surface area contributed by atoms with Crippen LogP contribution in [0.1, 0.15) is 11.1 Å². The van der Waals surface area contributed by atoms with Gasteiger partial charge in [0, 0.05) is 13.6 Å². The minimum atomic E-state index is -0.0739. The van der Waals surface area contributed by atoms with E-state index in [4.69, 9.17) is 21.4 Å². The molecule has 0 saturated carbocycles. The summed E-state index contributed by atoms with van der Waals surface area (Å²) in [6, 6.07) is 12.8. The molecule has 6 heteroatoms. The predicted octanol–water partition coefficient (Wildman–Crippen LogP) is 2.91. The largest absolute Gasteiger partial charge is 0.497 e. The van der Waals surface area contributed by atoms with E-state index in [9.17, 15) is 4.79 Å². The molecule has 0 atom stereocenters. The third-order valence-electron chi connectivity index (χ3n) is 3.62. The van der Waals surface area contributed by atoms with Gasteiger partial charge in [-0.15, -0.1) is 0 Å². The highest BCUT2D eigenvalue weighted by molar-refractivity contribution is 6.33. The molecule has 0 radical (unpaired) electrons. The van der Waals surface area contributed by atoms with Crippen LogP contribution < -0.4 is 10.1 Å². The van der Waals surface area contributed by atoms with Crippen molar-refractivity contribution < 1.29 is 14.6 Å². The first-order valence-electron chi connectivity index (χ1n) is 7.53. The molecule has 0 aliphatic rings. The Hall–Kier alpha value is -2.24. The molecule has 24 heavy (non-hydrogen) atoms. The zero-order valence-corrected chi connectivity index (χ0v) is 14.5. The standard InChI is InChI=1S/C18H21ClN2O3/c1-21(11-13-4-3-5-15(8-13)24-2)18(23)10-20-17-9-14(12-22)6-7-16(17)19/h3-9,20,22H,10-12H2,1-2H3. The van der Waals surface area contributed by atoms with Crippen LogP contribution in [0.2, 0.25) is 5.02 Å². The number of methoxy groups -OCH3 is 1. The van der Waals surface area contributed by atoms with Crippen molar-refractivity contribution in [1.82, 2.24) is 4.90 Å². The van der Waals surface area contributed by atoms with Crippen molar-refractivity contribution in [2.45, 2.75) is 13.2 Å². The summed E-state index contributed by atoms with van der Waals surface area (Å²) >= 11 is 6.10. The van der Waals surface area contributed by atoms with E-state index in [1.807, 2.05) is 24.3 Å². The van der Waals surface area contributed by atoms with E-state index in [1.54, 1.807) is 37.3 Å². The number of benzene rings is 2. The van der Waals surface area contributed by atoms with E-state index in [1.165, 1.54) is 0 Å². The normalized spacial score (nSPS) is 10.3. The fraction of sp³-hybridized carbons (Fsp3) is 0.278. The van der Waals surface area contributed by atoms with E-state index in [0.717, 1.165) is 16.9 Å². The Balaban J connectivity index is 1.94. The third kappa shape index (κ3) is 4.88. The number of hydrogen-bond donors (Lipinski definition) is 2. The molecule has 2 aromatic carbocycles. The molecule has 128 valence electrons. The molecule has 0 unspecified atom stereocenters. The molecule has 0 fully saturated rings. The summed E-state index contributed by atoms with van der Waals surface area (Å²) < 4.78 is 5.19. The lowest BCUT2D eigenvalue weighted by molar-refractivity contribution is -0.128. The second-order valence-corrected chi connectivity index (χ2v) is 5.83. The Morgan fingerprint density at radius 3 is 2.75 bits per heavy atom. The summed E-state index contributed by atoms with van der Waals surface area (Å²) in [5.74, 6) is 0.697. The number of halogens is 1. The van der Waals surface area contributed by atoms with E-state index in [-0.39, 0.29) is 19.1 Å². The smallest absolute Gasteiger partial charge is 0.241 e. The lowest BCUT2D eigenvalue weighted by Gasteiger charge is -2.19. The van der Waals surface area contributed by atoms with E-state index < -0.39 is 0 Å². The predicted molar refractivity (Wildman–Crippen MR) is 95.3 cm³/mol. The van der Waals surface area contributed by atoms with Gasteiger partial charge in [-0.2, -0.15) is 0 Å². The molecule has 1 amide bonds. The van der Waals surface area contributed by atoms with Gasteiger partial charge in [-0.05, 0) is 35.4 Å². The number of anilines is 1. The zero-order chi connectivity index (χ0) is 17.5. The molecule has 5 nitrogen and oxygen atoms in total. The Kier molecular flexibility index (Phi) is 6.46. The number of hydrogen-bond acceptors (Lipinski definition) is 4. The van der Waals surface area contributed by atoms with Crippen LogP contribution in [0.25, 0.3) is 0 Å². The van der Waals surface area contributed by atoms with Crippen LogP contribution in [0.5, 0.6) is 5.75 Å². The minimum absolute atomic E-state index is 0.0664. The van der Waals surface area contributed by atoms with Gasteiger partial charge in [-0.3, -0.25) is 4.79 Å². The zero-order valence-electron chi connectivity index (χ0n) is 13.8. The Bertz CT molecular complexity index is 706. The van der Waals surface area contributed by atoms with Crippen molar-refractivity contribution in [3.05, 3.63) is 58.6 Å². The fourth-order valence-corrected chi connectivity index (χ4v) is 2.43. The quantitative estimate of drug-likeness (QED) is 0.807. The Labute approximate surface area is 146 Å². The molecule has 0 aliphatic carbocycles. The van der Waals surface area contributed by atoms with Gasteiger partial charge in [0.15, 0.2) is 0 Å². The molecule has 2 rings (SSSR count). The number of nitrogens with one attached hydrogen (secondary N) is 1. The number of aliphatic hydroxyl groups is 1. The van der Waals surface area contributed by atoms with Gasteiger partial charge >= 0.3 is 0 Å². The minimum Gasteiger partial charge on any atom is -0.497 e. The summed E-state index contributed by atoms with van der Waals surface area (Å²) in [6.45, 7) is 0.534. The second kappa shape index (κ2) is 8.57. The molecular formula is C18H21ClN2O3. The SMILES string of the molecule is COc1cccc(CN(C)C(=O)CNc2cc(CO)ccc2Cl)c1. The highest BCUT2D eigenvalue weighted by Gasteiger charge is 2.11. The van der Waals surface area contributed by atoms with Crippen molar-refractivity contribution in [3.8, 4) is 5.75 Å². The Morgan fingerprint density at radius 2 is 2.04 bits per heavy atom. The van der Waals surface area contributed by atoms with E-state index in [0.29, 0.717) is 17.3 Å². The molecule has 2 N–H and O–H groups in total. The van der Waals surface area contributed by atoms with E-state index in [2.05, 4.69) is 5.32 Å². The topological polar surface area (TPSA) is 61.8 Å². The number of aliphatic hydroxyl groups excluding tert-OH is 1. The van der Waals surface area contributed by atoms with Crippen molar-refractivity contribution in [2.24, 2.45) is 0 Å². The maximum Gasteiger partial charge on any atom is 0.241 e. The van der Waals surface area contributed by atoms with Crippen LogP contribution in [0.3, 0.4) is 0 Å². The molecule has 0 aromatic heterocycles. The van der Waals surface area contributed by atoms with Crippen LogP contribution in [0, 0.1) is 0 Å². The number of carbonyl (C=O) groups excluding carboxylic acids is 1. The van der Waals surface area contributed by atoms with Gasteiger partial charge < -0.3 is 20.1 Å². The maximum absolute atomic E-state index is 12.3. The van der Waals surface area contributed by atoms with Crippen molar-refractivity contribution >= 4 is 23.2 Å². The molecule has 0 spiro atoms. The van der Waals surface area contributed by atoms with Gasteiger partial charge in [-0.25, -0.2) is 0 Å². The number of rotatable bonds is 7. The molecular weight excluding hydrogens is 328 g/mol. The van der Waals surface area contributed by atoms with Crippen LogP contribution in [0.15, 0.2) is 42.5 Å². The van der Waals surface area contributed by atoms with Gasteiger partial charge in [0.1, 0.15) is 5.75 Å². The van der Waals surface area contributed by atoms with Crippen molar-refractivity contribution in [3.63, 3.8) is 0 Å². The highest BCUT2D eigenvalue weighted by Crippen LogP contribution is 2.23. The van der Waals surface area contributed by atoms with Crippen molar-refractivity contribution in [2.75, 3.05) is 26.0 Å². The highest BCUT2D eigenvalue weighted by atomic mass is 35.5. The van der Waals surface area contributed by atoms with Crippen molar-refractivity contribution in [1.29, 1.82) is 0 Å². The van der Waals surface area contributed by atoms with Gasteiger partial charge in [0.25, 0.3) is 0 Å². The number of likely N-dealkylation sites (N-methyl/N-ethyl adjacent to an activating group) is 1. The first kappa shape index (κ1) is 18.1. The number of carbonyl (C=O) groups is 1. The summed E-state index contributed by atoms with van der Waals surface area (Å²) in [5, 5.41) is 12.7. The summed E-state index contributed by atoms with van der Waals surface area (Å²) in [7, 11) is 3.36. The van der Waals surface area contributed by atoms with Gasteiger partial charge in [-0.1, -0.05) is 29.8 Å². The summed E-state index contributed by atoms with van der Waals surface area (Å²) in [6.07, 6.45) is 0. The first-order chi connectivity index (χ1) is 11.5.